The largest absolute Gasteiger partial charge is 0.452 e. The third-order valence-corrected chi connectivity index (χ3v) is 5.03. The number of carbonyl (C=O) groups excluding carboxylic acids is 1. The number of carbonyl (C=O) groups is 1. The quantitative estimate of drug-likeness (QED) is 0.386. The van der Waals surface area contributed by atoms with Crippen LogP contribution in [0.1, 0.15) is 13.8 Å². The van der Waals surface area contributed by atoms with Crippen molar-refractivity contribution in [2.75, 3.05) is 25.1 Å². The number of hydrogen-bond acceptors (Lipinski definition) is 3. The fourth-order valence-electron chi connectivity index (χ4n) is 0.850. The molecule has 0 aromatic heterocycles. The van der Waals surface area contributed by atoms with Crippen molar-refractivity contribution in [3.8, 4) is 12.3 Å². The minimum atomic E-state index is -2.32. The summed E-state index contributed by atoms with van der Waals surface area (Å²) in [7, 11) is -2.32. The lowest BCUT2D eigenvalue weighted by molar-refractivity contribution is -0.139. The standard InChI is InChI=1S/C9H15O3P/c1-4-7-12-9(10)8-13(11,5-2)6-3/h1H,5-8H2,2-3H3. The van der Waals surface area contributed by atoms with Crippen molar-refractivity contribution in [1.29, 1.82) is 0 Å². The Morgan fingerprint density at radius 2 is 2.00 bits per heavy atom. The molecule has 0 unspecified atom stereocenters. The van der Waals surface area contributed by atoms with Crippen LogP contribution in [0.3, 0.4) is 0 Å². The van der Waals surface area contributed by atoms with Crippen LogP contribution in [0.5, 0.6) is 0 Å². The van der Waals surface area contributed by atoms with Gasteiger partial charge in [-0.05, 0) is 12.3 Å². The van der Waals surface area contributed by atoms with Crippen LogP contribution in [0.2, 0.25) is 0 Å². The highest BCUT2D eigenvalue weighted by Crippen LogP contribution is 2.44. The Kier molecular flexibility index (Phi) is 5.50. The molecule has 0 heterocycles. The van der Waals surface area contributed by atoms with Crippen LogP contribution in [-0.4, -0.2) is 31.1 Å². The normalized spacial score (nSPS) is 10.5. The summed E-state index contributed by atoms with van der Waals surface area (Å²) >= 11 is 0. The van der Waals surface area contributed by atoms with E-state index in [1.807, 2.05) is 13.8 Å². The van der Waals surface area contributed by atoms with Crippen molar-refractivity contribution in [2.24, 2.45) is 0 Å². The molecule has 0 aliphatic heterocycles. The highest BCUT2D eigenvalue weighted by Gasteiger charge is 2.21. The average molecular weight is 202 g/mol. The molecule has 0 fully saturated rings. The molecular formula is C9H15O3P. The monoisotopic (exact) mass is 202 g/mol. The Balaban J connectivity index is 4.04. The first-order valence-corrected chi connectivity index (χ1v) is 6.50. The van der Waals surface area contributed by atoms with Crippen molar-refractivity contribution in [3.63, 3.8) is 0 Å². The van der Waals surface area contributed by atoms with Gasteiger partial charge in [0, 0.05) is 0 Å². The third kappa shape index (κ3) is 4.75. The SMILES string of the molecule is C#CCOC(=O)CP(=O)(CC)CC. The van der Waals surface area contributed by atoms with Gasteiger partial charge in [0.1, 0.15) is 0 Å². The van der Waals surface area contributed by atoms with E-state index < -0.39 is 13.1 Å². The molecule has 0 atom stereocenters. The maximum atomic E-state index is 11.8. The molecule has 0 saturated heterocycles. The zero-order chi connectivity index (χ0) is 10.3. The van der Waals surface area contributed by atoms with Crippen LogP contribution in [0, 0.1) is 12.3 Å². The zero-order valence-electron chi connectivity index (χ0n) is 8.08. The second-order valence-electron chi connectivity index (χ2n) is 2.71. The van der Waals surface area contributed by atoms with Gasteiger partial charge >= 0.3 is 5.97 Å². The van der Waals surface area contributed by atoms with Gasteiger partial charge in [0.05, 0.1) is 13.3 Å². The number of hydrogen-bond donors (Lipinski definition) is 0. The van der Waals surface area contributed by atoms with Crippen LogP contribution < -0.4 is 0 Å². The van der Waals surface area contributed by atoms with Crippen LogP contribution in [0.15, 0.2) is 0 Å². The van der Waals surface area contributed by atoms with Crippen LogP contribution in [-0.2, 0) is 14.1 Å². The van der Waals surface area contributed by atoms with Gasteiger partial charge in [-0.25, -0.2) is 0 Å². The fraction of sp³-hybridized carbons (Fsp3) is 0.667. The molecule has 4 heteroatoms. The van der Waals surface area contributed by atoms with E-state index in [-0.39, 0.29) is 12.8 Å². The summed E-state index contributed by atoms with van der Waals surface area (Å²) < 4.78 is 16.4. The summed E-state index contributed by atoms with van der Waals surface area (Å²) in [6.07, 6.45) is 6.00. The number of ether oxygens (including phenoxy) is 1. The molecule has 0 amide bonds. The molecule has 0 bridgehead atoms. The summed E-state index contributed by atoms with van der Waals surface area (Å²) in [6, 6.07) is 0. The summed E-state index contributed by atoms with van der Waals surface area (Å²) in [6.45, 7) is 3.60. The van der Waals surface area contributed by atoms with Gasteiger partial charge in [0.25, 0.3) is 0 Å². The summed E-state index contributed by atoms with van der Waals surface area (Å²) in [5.41, 5.74) is 0. The smallest absolute Gasteiger partial charge is 0.314 e. The molecule has 0 N–H and O–H groups in total. The van der Waals surface area contributed by atoms with E-state index in [0.717, 1.165) is 0 Å². The van der Waals surface area contributed by atoms with Crippen molar-refractivity contribution >= 4 is 13.1 Å². The summed E-state index contributed by atoms with van der Waals surface area (Å²) in [4.78, 5) is 11.0. The molecule has 3 nitrogen and oxygen atoms in total. The molecule has 74 valence electrons. The third-order valence-electron chi connectivity index (χ3n) is 1.89. The average Bonchev–Trinajstić information content (AvgIpc) is 2.14. The Morgan fingerprint density at radius 3 is 2.38 bits per heavy atom. The van der Waals surface area contributed by atoms with Gasteiger partial charge in [0.15, 0.2) is 6.61 Å². The van der Waals surface area contributed by atoms with E-state index in [9.17, 15) is 9.36 Å². The van der Waals surface area contributed by atoms with Crippen molar-refractivity contribution in [3.05, 3.63) is 0 Å². The van der Waals surface area contributed by atoms with Crippen molar-refractivity contribution < 1.29 is 14.1 Å². The first-order valence-electron chi connectivity index (χ1n) is 4.24. The molecule has 13 heavy (non-hydrogen) atoms. The van der Waals surface area contributed by atoms with E-state index in [4.69, 9.17) is 6.42 Å². The van der Waals surface area contributed by atoms with Crippen LogP contribution in [0.25, 0.3) is 0 Å². The Hall–Kier alpha value is -0.740. The maximum absolute atomic E-state index is 11.8. The van der Waals surface area contributed by atoms with Gasteiger partial charge in [-0.2, -0.15) is 0 Å². The molecular weight excluding hydrogens is 187 g/mol. The Bertz CT molecular complexity index is 244. The van der Waals surface area contributed by atoms with Crippen LogP contribution >= 0.6 is 7.14 Å². The second-order valence-corrected chi connectivity index (χ2v) is 6.41. The molecule has 0 aliphatic carbocycles. The number of rotatable bonds is 5. The van der Waals surface area contributed by atoms with Crippen LogP contribution in [0.4, 0.5) is 0 Å². The Labute approximate surface area is 79.2 Å². The predicted octanol–water partition coefficient (Wildman–Crippen LogP) is 1.57. The molecule has 0 radical (unpaired) electrons. The lowest BCUT2D eigenvalue weighted by atomic mass is 10.7. The van der Waals surface area contributed by atoms with Gasteiger partial charge < -0.3 is 9.30 Å². The van der Waals surface area contributed by atoms with Gasteiger partial charge in [-0.15, -0.1) is 6.42 Å². The maximum Gasteiger partial charge on any atom is 0.314 e. The molecule has 0 rings (SSSR count). The molecule has 0 aromatic rings. The number of esters is 1. The fourth-order valence-corrected chi connectivity index (χ4v) is 2.31. The summed E-state index contributed by atoms with van der Waals surface area (Å²) in [5.74, 6) is 1.73. The van der Waals surface area contributed by atoms with Gasteiger partial charge in [-0.1, -0.05) is 19.8 Å². The van der Waals surface area contributed by atoms with E-state index in [1.165, 1.54) is 0 Å². The minimum absolute atomic E-state index is 0.0156. The Morgan fingerprint density at radius 1 is 1.46 bits per heavy atom. The molecule has 0 saturated carbocycles. The molecule has 0 aliphatic rings. The lowest BCUT2D eigenvalue weighted by Crippen LogP contribution is -2.12. The van der Waals surface area contributed by atoms with Gasteiger partial charge in [-0.3, -0.25) is 4.79 Å². The summed E-state index contributed by atoms with van der Waals surface area (Å²) in [5, 5.41) is 0. The highest BCUT2D eigenvalue weighted by atomic mass is 31.2. The zero-order valence-corrected chi connectivity index (χ0v) is 8.97. The second kappa shape index (κ2) is 5.83. The number of terminal acetylenes is 1. The first kappa shape index (κ1) is 12.3. The van der Waals surface area contributed by atoms with Crippen molar-refractivity contribution in [1.82, 2.24) is 0 Å². The highest BCUT2D eigenvalue weighted by molar-refractivity contribution is 7.64. The lowest BCUT2D eigenvalue weighted by Gasteiger charge is -2.12. The minimum Gasteiger partial charge on any atom is -0.452 e. The van der Waals surface area contributed by atoms with E-state index in [2.05, 4.69) is 10.7 Å². The molecule has 0 aromatic carbocycles. The molecule has 0 spiro atoms. The first-order chi connectivity index (χ1) is 6.08. The van der Waals surface area contributed by atoms with E-state index in [0.29, 0.717) is 12.3 Å². The van der Waals surface area contributed by atoms with E-state index in [1.54, 1.807) is 0 Å². The predicted molar refractivity (Wildman–Crippen MR) is 53.3 cm³/mol. The van der Waals surface area contributed by atoms with Crippen molar-refractivity contribution in [2.45, 2.75) is 13.8 Å². The topological polar surface area (TPSA) is 43.4 Å². The van der Waals surface area contributed by atoms with E-state index >= 15 is 0 Å². The van der Waals surface area contributed by atoms with Gasteiger partial charge in [0.2, 0.25) is 0 Å².